The SMILES string of the molecule is Cc1cc(C#N)nn1-c1ncccn1. The zero-order valence-corrected chi connectivity index (χ0v) is 7.55. The number of nitriles is 1. The summed E-state index contributed by atoms with van der Waals surface area (Å²) in [4.78, 5) is 8.07. The third kappa shape index (κ3) is 1.33. The number of hydrogen-bond donors (Lipinski definition) is 0. The molecule has 0 amide bonds. The number of aryl methyl sites for hydroxylation is 1. The zero-order valence-electron chi connectivity index (χ0n) is 7.55. The molecule has 0 radical (unpaired) electrons. The minimum absolute atomic E-state index is 0.370. The minimum Gasteiger partial charge on any atom is -0.220 e. The highest BCUT2D eigenvalue weighted by atomic mass is 15.3. The fraction of sp³-hybridized carbons (Fsp3) is 0.111. The molecular formula is C9H7N5. The van der Waals surface area contributed by atoms with Crippen molar-refractivity contribution in [3.8, 4) is 12.0 Å². The van der Waals surface area contributed by atoms with E-state index < -0.39 is 0 Å². The molecule has 5 nitrogen and oxygen atoms in total. The lowest BCUT2D eigenvalue weighted by atomic mass is 10.4. The quantitative estimate of drug-likeness (QED) is 0.660. The lowest BCUT2D eigenvalue weighted by Crippen LogP contribution is -2.03. The summed E-state index contributed by atoms with van der Waals surface area (Å²) in [5.74, 6) is 0.478. The van der Waals surface area contributed by atoms with Gasteiger partial charge in [-0.25, -0.2) is 14.6 Å². The van der Waals surface area contributed by atoms with Crippen LogP contribution in [0.4, 0.5) is 0 Å². The van der Waals surface area contributed by atoms with Gasteiger partial charge in [-0.2, -0.15) is 10.4 Å². The first kappa shape index (κ1) is 8.38. The van der Waals surface area contributed by atoms with Gasteiger partial charge in [0, 0.05) is 18.1 Å². The Bertz CT molecular complexity index is 480. The molecular weight excluding hydrogens is 178 g/mol. The Morgan fingerprint density at radius 2 is 2.07 bits per heavy atom. The van der Waals surface area contributed by atoms with Crippen LogP contribution in [-0.4, -0.2) is 19.7 Å². The molecule has 14 heavy (non-hydrogen) atoms. The molecule has 2 rings (SSSR count). The van der Waals surface area contributed by atoms with Crippen LogP contribution in [-0.2, 0) is 0 Å². The number of nitrogens with zero attached hydrogens (tertiary/aromatic N) is 5. The molecule has 0 fully saturated rings. The Morgan fingerprint density at radius 1 is 1.36 bits per heavy atom. The van der Waals surface area contributed by atoms with Gasteiger partial charge in [0.15, 0.2) is 5.69 Å². The molecule has 0 aliphatic heterocycles. The smallest absolute Gasteiger partial charge is 0.220 e. The Morgan fingerprint density at radius 3 is 2.64 bits per heavy atom. The van der Waals surface area contributed by atoms with Gasteiger partial charge in [0.1, 0.15) is 6.07 Å². The monoisotopic (exact) mass is 185 g/mol. The van der Waals surface area contributed by atoms with Crippen LogP contribution in [0.5, 0.6) is 0 Å². The van der Waals surface area contributed by atoms with E-state index in [9.17, 15) is 0 Å². The van der Waals surface area contributed by atoms with E-state index in [0.29, 0.717) is 11.6 Å². The summed E-state index contributed by atoms with van der Waals surface area (Å²) in [6.07, 6.45) is 3.27. The van der Waals surface area contributed by atoms with E-state index in [1.54, 1.807) is 29.2 Å². The minimum atomic E-state index is 0.370. The average molecular weight is 185 g/mol. The highest BCUT2D eigenvalue weighted by molar-refractivity contribution is 5.26. The van der Waals surface area contributed by atoms with Gasteiger partial charge in [0.2, 0.25) is 0 Å². The summed E-state index contributed by atoms with van der Waals surface area (Å²) in [5.41, 5.74) is 1.21. The molecule has 0 N–H and O–H groups in total. The summed E-state index contributed by atoms with van der Waals surface area (Å²) < 4.78 is 1.54. The standard InChI is InChI=1S/C9H7N5/c1-7-5-8(6-10)13-14(7)9-11-3-2-4-12-9/h2-5H,1H3. The maximum atomic E-state index is 8.66. The maximum Gasteiger partial charge on any atom is 0.250 e. The van der Waals surface area contributed by atoms with Crippen molar-refractivity contribution in [1.29, 1.82) is 5.26 Å². The summed E-state index contributed by atoms with van der Waals surface area (Å²) in [6.45, 7) is 1.85. The van der Waals surface area contributed by atoms with Crippen LogP contribution in [0, 0.1) is 18.3 Å². The van der Waals surface area contributed by atoms with Crippen molar-refractivity contribution in [3.05, 3.63) is 35.9 Å². The molecule has 0 atom stereocenters. The van der Waals surface area contributed by atoms with Crippen LogP contribution in [0.2, 0.25) is 0 Å². The molecule has 0 spiro atoms. The molecule has 2 aromatic heterocycles. The zero-order chi connectivity index (χ0) is 9.97. The van der Waals surface area contributed by atoms with Gasteiger partial charge in [-0.1, -0.05) is 0 Å². The molecule has 0 aliphatic carbocycles. The van der Waals surface area contributed by atoms with Crippen LogP contribution in [0.15, 0.2) is 24.5 Å². The second-order valence-electron chi connectivity index (χ2n) is 2.74. The molecule has 68 valence electrons. The van der Waals surface area contributed by atoms with Crippen molar-refractivity contribution < 1.29 is 0 Å². The second-order valence-corrected chi connectivity index (χ2v) is 2.74. The summed E-state index contributed by atoms with van der Waals surface area (Å²) >= 11 is 0. The highest BCUT2D eigenvalue weighted by Gasteiger charge is 2.06. The van der Waals surface area contributed by atoms with E-state index >= 15 is 0 Å². The van der Waals surface area contributed by atoms with Crippen molar-refractivity contribution in [2.24, 2.45) is 0 Å². The van der Waals surface area contributed by atoms with Gasteiger partial charge in [-0.15, -0.1) is 0 Å². The molecule has 5 heteroatoms. The first-order valence-corrected chi connectivity index (χ1v) is 4.05. The van der Waals surface area contributed by atoms with E-state index in [1.165, 1.54) is 0 Å². The highest BCUT2D eigenvalue weighted by Crippen LogP contribution is 2.06. The fourth-order valence-electron chi connectivity index (χ4n) is 1.13. The summed E-state index contributed by atoms with van der Waals surface area (Å²) in [6, 6.07) is 5.39. The van der Waals surface area contributed by atoms with Gasteiger partial charge in [0.05, 0.1) is 0 Å². The van der Waals surface area contributed by atoms with Crippen molar-refractivity contribution >= 4 is 0 Å². The van der Waals surface area contributed by atoms with Crippen LogP contribution < -0.4 is 0 Å². The molecule has 0 saturated carbocycles. The van der Waals surface area contributed by atoms with E-state index in [2.05, 4.69) is 15.1 Å². The Kier molecular flexibility index (Phi) is 1.95. The van der Waals surface area contributed by atoms with Crippen LogP contribution >= 0.6 is 0 Å². The van der Waals surface area contributed by atoms with Gasteiger partial charge in [0.25, 0.3) is 5.95 Å². The van der Waals surface area contributed by atoms with E-state index in [4.69, 9.17) is 5.26 Å². The Hall–Kier alpha value is -2.22. The van der Waals surface area contributed by atoms with Crippen molar-refractivity contribution in [2.75, 3.05) is 0 Å². The summed E-state index contributed by atoms with van der Waals surface area (Å²) in [5, 5.41) is 12.7. The third-order valence-corrected chi connectivity index (χ3v) is 1.74. The summed E-state index contributed by atoms with van der Waals surface area (Å²) in [7, 11) is 0. The van der Waals surface area contributed by atoms with Gasteiger partial charge in [-0.05, 0) is 19.1 Å². The molecule has 0 unspecified atom stereocenters. The first-order valence-electron chi connectivity index (χ1n) is 4.05. The van der Waals surface area contributed by atoms with Crippen LogP contribution in [0.1, 0.15) is 11.4 Å². The van der Waals surface area contributed by atoms with Crippen LogP contribution in [0.25, 0.3) is 5.95 Å². The molecule has 0 saturated heterocycles. The van der Waals surface area contributed by atoms with E-state index in [-0.39, 0.29) is 0 Å². The molecule has 0 aromatic carbocycles. The normalized spacial score (nSPS) is 9.71. The number of hydrogen-bond acceptors (Lipinski definition) is 4. The largest absolute Gasteiger partial charge is 0.250 e. The van der Waals surface area contributed by atoms with E-state index in [1.807, 2.05) is 13.0 Å². The number of aromatic nitrogens is 4. The van der Waals surface area contributed by atoms with Gasteiger partial charge >= 0.3 is 0 Å². The topological polar surface area (TPSA) is 67.4 Å². The average Bonchev–Trinajstić information content (AvgIpc) is 2.61. The predicted molar refractivity (Wildman–Crippen MR) is 48.6 cm³/mol. The fourth-order valence-corrected chi connectivity index (χ4v) is 1.13. The Balaban J connectivity index is 2.53. The number of rotatable bonds is 1. The lowest BCUT2D eigenvalue weighted by molar-refractivity contribution is 0.779. The lowest BCUT2D eigenvalue weighted by Gasteiger charge is -1.99. The molecule has 2 aromatic rings. The Labute approximate surface area is 80.7 Å². The molecule has 0 bridgehead atoms. The second kappa shape index (κ2) is 3.26. The third-order valence-electron chi connectivity index (χ3n) is 1.74. The van der Waals surface area contributed by atoms with E-state index in [0.717, 1.165) is 5.69 Å². The van der Waals surface area contributed by atoms with Crippen molar-refractivity contribution in [1.82, 2.24) is 19.7 Å². The van der Waals surface area contributed by atoms with Crippen molar-refractivity contribution in [2.45, 2.75) is 6.92 Å². The molecule has 2 heterocycles. The van der Waals surface area contributed by atoms with Crippen LogP contribution in [0.3, 0.4) is 0 Å². The predicted octanol–water partition coefficient (Wildman–Crippen LogP) is 0.842. The van der Waals surface area contributed by atoms with Gasteiger partial charge < -0.3 is 0 Å². The van der Waals surface area contributed by atoms with Gasteiger partial charge in [-0.3, -0.25) is 0 Å². The first-order chi connectivity index (χ1) is 6.81. The molecule has 0 aliphatic rings. The van der Waals surface area contributed by atoms with Crippen molar-refractivity contribution in [3.63, 3.8) is 0 Å². The maximum absolute atomic E-state index is 8.66.